The maximum absolute atomic E-state index is 13.8. The predicted molar refractivity (Wildman–Crippen MR) is 88.7 cm³/mol. The van der Waals surface area contributed by atoms with E-state index in [2.05, 4.69) is 9.97 Å². The molecule has 1 aromatic carbocycles. The van der Waals surface area contributed by atoms with Crippen molar-refractivity contribution in [3.63, 3.8) is 0 Å². The summed E-state index contributed by atoms with van der Waals surface area (Å²) in [6.07, 6.45) is 1.69. The number of halogens is 1. The second-order valence-electron chi connectivity index (χ2n) is 5.76. The molecule has 24 heavy (non-hydrogen) atoms. The molecule has 1 saturated heterocycles. The van der Waals surface area contributed by atoms with Crippen molar-refractivity contribution in [2.45, 2.75) is 32.2 Å². The van der Waals surface area contributed by atoms with E-state index in [1.54, 1.807) is 11.8 Å². The van der Waals surface area contributed by atoms with Gasteiger partial charge in [0.25, 0.3) is 5.91 Å². The molecular formula is C16H18FN3O3S. The third kappa shape index (κ3) is 3.19. The molecule has 1 aliphatic rings. The summed E-state index contributed by atoms with van der Waals surface area (Å²) >= 11 is 5.03. The van der Waals surface area contributed by atoms with Gasteiger partial charge in [-0.1, -0.05) is 0 Å². The zero-order valence-corrected chi connectivity index (χ0v) is 14.0. The quantitative estimate of drug-likeness (QED) is 0.656. The van der Waals surface area contributed by atoms with E-state index in [0.29, 0.717) is 29.0 Å². The Kier molecular flexibility index (Phi) is 4.66. The van der Waals surface area contributed by atoms with Crippen LogP contribution in [0, 0.1) is 10.6 Å². The van der Waals surface area contributed by atoms with E-state index < -0.39 is 5.82 Å². The molecule has 2 aromatic rings. The van der Waals surface area contributed by atoms with Crippen LogP contribution in [-0.2, 0) is 9.53 Å². The zero-order chi connectivity index (χ0) is 17.3. The van der Waals surface area contributed by atoms with Crippen LogP contribution in [0.25, 0.3) is 11.0 Å². The fraction of sp³-hybridized carbons (Fsp3) is 0.438. The molecule has 1 amide bonds. The summed E-state index contributed by atoms with van der Waals surface area (Å²) in [5.41, 5.74) is 1.14. The number of H-pyrrole nitrogens is 2. The van der Waals surface area contributed by atoms with E-state index in [1.165, 1.54) is 12.1 Å². The molecule has 0 aliphatic carbocycles. The number of hydrogen-bond donors (Lipinski definition) is 2. The molecule has 128 valence electrons. The first-order valence-corrected chi connectivity index (χ1v) is 8.28. The van der Waals surface area contributed by atoms with Gasteiger partial charge in [0, 0.05) is 12.6 Å². The van der Waals surface area contributed by atoms with Gasteiger partial charge in [-0.15, -0.1) is 0 Å². The summed E-state index contributed by atoms with van der Waals surface area (Å²) in [5.74, 6) is -1.15. The van der Waals surface area contributed by atoms with Crippen molar-refractivity contribution in [3.8, 4) is 0 Å². The number of aromatic amines is 2. The van der Waals surface area contributed by atoms with Gasteiger partial charge in [-0.2, -0.15) is 0 Å². The minimum absolute atomic E-state index is 0.154. The second kappa shape index (κ2) is 6.72. The number of amides is 1. The Balaban J connectivity index is 1.90. The Morgan fingerprint density at radius 3 is 2.96 bits per heavy atom. The van der Waals surface area contributed by atoms with Gasteiger partial charge >= 0.3 is 5.97 Å². The van der Waals surface area contributed by atoms with Crippen molar-refractivity contribution in [2.24, 2.45) is 0 Å². The first-order chi connectivity index (χ1) is 11.5. The van der Waals surface area contributed by atoms with Crippen LogP contribution in [0.2, 0.25) is 0 Å². The highest BCUT2D eigenvalue weighted by Gasteiger charge is 2.32. The third-order valence-electron chi connectivity index (χ3n) is 4.17. The number of carbonyl (C=O) groups excluding carboxylic acids is 2. The molecule has 8 heteroatoms. The fourth-order valence-corrected chi connectivity index (χ4v) is 3.37. The van der Waals surface area contributed by atoms with Crippen LogP contribution in [0.3, 0.4) is 0 Å². The maximum atomic E-state index is 13.8. The second-order valence-corrected chi connectivity index (χ2v) is 6.17. The molecule has 6 nitrogen and oxygen atoms in total. The molecule has 1 fully saturated rings. The normalized spacial score (nSPS) is 17.4. The summed E-state index contributed by atoms with van der Waals surface area (Å²) in [7, 11) is 0. The molecule has 2 heterocycles. The fourth-order valence-electron chi connectivity index (χ4n) is 3.16. The average Bonchev–Trinajstić information content (AvgIpc) is 3.11. The molecule has 2 N–H and O–H groups in total. The number of rotatable bonds is 4. The Morgan fingerprint density at radius 2 is 2.21 bits per heavy atom. The van der Waals surface area contributed by atoms with Gasteiger partial charge in [0.1, 0.15) is 5.82 Å². The minimum Gasteiger partial charge on any atom is -0.466 e. The summed E-state index contributed by atoms with van der Waals surface area (Å²) in [6.45, 7) is 2.59. The monoisotopic (exact) mass is 351 g/mol. The Bertz CT molecular complexity index is 845. The Labute approximate surface area is 143 Å². The maximum Gasteiger partial charge on any atom is 0.307 e. The molecule has 0 bridgehead atoms. The van der Waals surface area contributed by atoms with E-state index in [1.807, 2.05) is 0 Å². The smallest absolute Gasteiger partial charge is 0.307 e. The van der Waals surface area contributed by atoms with Crippen molar-refractivity contribution < 1.29 is 18.7 Å². The van der Waals surface area contributed by atoms with Crippen molar-refractivity contribution >= 4 is 35.1 Å². The highest BCUT2D eigenvalue weighted by Crippen LogP contribution is 2.26. The van der Waals surface area contributed by atoms with Gasteiger partial charge in [-0.25, -0.2) is 4.39 Å². The molecule has 0 spiro atoms. The molecule has 3 rings (SSSR count). The zero-order valence-electron chi connectivity index (χ0n) is 13.2. The number of benzene rings is 1. The molecule has 1 atom stereocenters. The molecule has 0 radical (unpaired) electrons. The van der Waals surface area contributed by atoms with Crippen LogP contribution in [0.5, 0.6) is 0 Å². The van der Waals surface area contributed by atoms with Gasteiger partial charge in [0.05, 0.1) is 29.6 Å². The number of nitrogens with zero attached hydrogens (tertiary/aromatic N) is 1. The lowest BCUT2D eigenvalue weighted by Crippen LogP contribution is -2.37. The first kappa shape index (κ1) is 16.6. The number of ether oxygens (including phenoxy) is 1. The molecule has 1 aromatic heterocycles. The van der Waals surface area contributed by atoms with Gasteiger partial charge in [-0.05, 0) is 44.1 Å². The van der Waals surface area contributed by atoms with Crippen LogP contribution < -0.4 is 0 Å². The number of likely N-dealkylation sites (tertiary alicyclic amines) is 1. The van der Waals surface area contributed by atoms with Crippen molar-refractivity contribution in [2.75, 3.05) is 13.2 Å². The van der Waals surface area contributed by atoms with Gasteiger partial charge < -0.3 is 19.6 Å². The van der Waals surface area contributed by atoms with Crippen LogP contribution in [0.15, 0.2) is 12.1 Å². The van der Waals surface area contributed by atoms with Gasteiger partial charge in [0.2, 0.25) is 0 Å². The largest absolute Gasteiger partial charge is 0.466 e. The van der Waals surface area contributed by atoms with Crippen LogP contribution in [0.4, 0.5) is 4.39 Å². The lowest BCUT2D eigenvalue weighted by molar-refractivity contribution is -0.144. The third-order valence-corrected chi connectivity index (χ3v) is 4.37. The Morgan fingerprint density at radius 1 is 1.42 bits per heavy atom. The highest BCUT2D eigenvalue weighted by atomic mass is 32.1. The van der Waals surface area contributed by atoms with Crippen LogP contribution in [-0.4, -0.2) is 45.9 Å². The van der Waals surface area contributed by atoms with E-state index in [0.717, 1.165) is 12.8 Å². The van der Waals surface area contributed by atoms with E-state index in [-0.39, 0.29) is 29.9 Å². The van der Waals surface area contributed by atoms with Crippen molar-refractivity contribution in [3.05, 3.63) is 28.3 Å². The standard InChI is InChI=1S/C16H18FN3O3S/c1-2-23-13(21)8-10-4-3-5-20(10)15(22)11-6-9(17)7-12-14(11)19-16(24)18-12/h6-7,10H,2-5,8H2,1H3,(H2,18,19,24)/t10-/m1/s1. The van der Waals surface area contributed by atoms with Crippen LogP contribution >= 0.6 is 12.2 Å². The summed E-state index contributed by atoms with van der Waals surface area (Å²) in [4.78, 5) is 32.0. The summed E-state index contributed by atoms with van der Waals surface area (Å²) in [6, 6.07) is 2.26. The first-order valence-electron chi connectivity index (χ1n) is 7.87. The number of fused-ring (bicyclic) bond motifs is 1. The van der Waals surface area contributed by atoms with Crippen molar-refractivity contribution in [1.82, 2.24) is 14.9 Å². The topological polar surface area (TPSA) is 78.2 Å². The lowest BCUT2D eigenvalue weighted by Gasteiger charge is -2.24. The molecule has 0 saturated carbocycles. The SMILES string of the molecule is CCOC(=O)C[C@H]1CCCN1C(=O)c1cc(F)cc2[nH]c(=S)[nH]c12. The van der Waals surface area contributed by atoms with Gasteiger partial charge in [0.15, 0.2) is 4.77 Å². The van der Waals surface area contributed by atoms with Crippen LogP contribution in [0.1, 0.15) is 36.5 Å². The highest BCUT2D eigenvalue weighted by molar-refractivity contribution is 7.71. The summed E-state index contributed by atoms with van der Waals surface area (Å²) in [5, 5.41) is 0. The molecular weight excluding hydrogens is 333 g/mol. The number of imidazole rings is 1. The number of hydrogen-bond acceptors (Lipinski definition) is 4. The van der Waals surface area contributed by atoms with Crippen molar-refractivity contribution in [1.29, 1.82) is 0 Å². The lowest BCUT2D eigenvalue weighted by atomic mass is 10.1. The summed E-state index contributed by atoms with van der Waals surface area (Å²) < 4.78 is 19.1. The number of carbonyl (C=O) groups is 2. The van der Waals surface area contributed by atoms with E-state index >= 15 is 0 Å². The number of nitrogens with one attached hydrogen (secondary N) is 2. The number of esters is 1. The molecule has 0 unspecified atom stereocenters. The average molecular weight is 351 g/mol. The van der Waals surface area contributed by atoms with E-state index in [4.69, 9.17) is 17.0 Å². The minimum atomic E-state index is -0.516. The van der Waals surface area contributed by atoms with E-state index in [9.17, 15) is 14.0 Å². The Hall–Kier alpha value is -2.22. The predicted octanol–water partition coefficient (Wildman–Crippen LogP) is 2.92. The van der Waals surface area contributed by atoms with Gasteiger partial charge in [-0.3, -0.25) is 9.59 Å². The molecule has 1 aliphatic heterocycles. The number of aromatic nitrogens is 2.